The third-order valence-corrected chi connectivity index (χ3v) is 2.45. The Bertz CT molecular complexity index is 440. The molecule has 0 fully saturated rings. The molecule has 84 valence electrons. The van der Waals surface area contributed by atoms with E-state index in [9.17, 15) is 14.7 Å². The second kappa shape index (κ2) is 3.94. The zero-order valence-electron chi connectivity index (χ0n) is 8.54. The Hall–Kier alpha value is -1.88. The van der Waals surface area contributed by atoms with Gasteiger partial charge in [0.15, 0.2) is 12.2 Å². The maximum atomic E-state index is 11.4. The average Bonchev–Trinajstić information content (AvgIpc) is 2.65. The minimum Gasteiger partial charge on any atom is -0.467 e. The number of carbonyl (C=O) groups is 2. The second-order valence-electron chi connectivity index (χ2n) is 3.38. The molecule has 1 aliphatic heterocycles. The van der Waals surface area contributed by atoms with Crippen molar-refractivity contribution in [1.82, 2.24) is 0 Å². The molecule has 5 heteroatoms. The van der Waals surface area contributed by atoms with Crippen LogP contribution in [-0.2, 0) is 14.3 Å². The van der Waals surface area contributed by atoms with Crippen molar-refractivity contribution < 1.29 is 24.2 Å². The molecule has 0 radical (unpaired) electrons. The average molecular weight is 222 g/mol. The van der Waals surface area contributed by atoms with E-state index in [2.05, 4.69) is 4.74 Å². The lowest BCUT2D eigenvalue weighted by molar-refractivity contribution is -0.156. The number of fused-ring (bicyclic) bond motifs is 1. The van der Waals surface area contributed by atoms with Gasteiger partial charge in [-0.05, 0) is 6.07 Å². The maximum Gasteiger partial charge on any atom is 0.339 e. The lowest BCUT2D eigenvalue weighted by Crippen LogP contribution is -2.29. The second-order valence-corrected chi connectivity index (χ2v) is 3.38. The van der Waals surface area contributed by atoms with Crippen molar-refractivity contribution in [2.24, 2.45) is 0 Å². The molecular formula is C11H10O5. The molecular weight excluding hydrogens is 212 g/mol. The zero-order valence-corrected chi connectivity index (χ0v) is 8.54. The summed E-state index contributed by atoms with van der Waals surface area (Å²) in [6.07, 6.45) is -2.46. The highest BCUT2D eigenvalue weighted by Gasteiger charge is 2.39. The Morgan fingerprint density at radius 1 is 1.50 bits per heavy atom. The lowest BCUT2D eigenvalue weighted by Gasteiger charge is -2.15. The predicted octanol–water partition coefficient (Wildman–Crippen LogP) is 0.432. The molecule has 0 bridgehead atoms. The van der Waals surface area contributed by atoms with Crippen molar-refractivity contribution in [2.75, 3.05) is 7.11 Å². The molecule has 0 saturated carbocycles. The smallest absolute Gasteiger partial charge is 0.339 e. The molecule has 2 rings (SSSR count). The Morgan fingerprint density at radius 3 is 2.88 bits per heavy atom. The molecule has 1 aliphatic rings. The number of hydrogen-bond donors (Lipinski definition) is 1. The van der Waals surface area contributed by atoms with Gasteiger partial charge in [-0.2, -0.15) is 0 Å². The topological polar surface area (TPSA) is 72.8 Å². The van der Waals surface area contributed by atoms with Crippen LogP contribution in [0.2, 0.25) is 0 Å². The van der Waals surface area contributed by atoms with Gasteiger partial charge in [-0.3, -0.25) is 0 Å². The molecule has 5 nitrogen and oxygen atoms in total. The SMILES string of the molecule is COC(=O)[C@H](O)[C@H]1OC(=O)c2ccccc21. The standard InChI is InChI=1S/C11H10O5/c1-15-11(14)8(12)9-6-4-2-3-5-7(6)10(13)16-9/h2-5,8-9,12H,1H3/t8-,9+/m1/s1. The number of carbonyl (C=O) groups excluding carboxylic acids is 2. The van der Waals surface area contributed by atoms with Gasteiger partial charge in [-0.15, -0.1) is 0 Å². The van der Waals surface area contributed by atoms with Gasteiger partial charge in [0.2, 0.25) is 0 Å². The molecule has 0 spiro atoms. The Kier molecular flexibility index (Phi) is 2.62. The van der Waals surface area contributed by atoms with Crippen molar-refractivity contribution in [1.29, 1.82) is 0 Å². The first kappa shape index (κ1) is 10.6. The minimum absolute atomic E-state index is 0.371. The van der Waals surface area contributed by atoms with Crippen molar-refractivity contribution in [3.63, 3.8) is 0 Å². The van der Waals surface area contributed by atoms with Gasteiger partial charge in [0, 0.05) is 5.56 Å². The number of esters is 2. The van der Waals surface area contributed by atoms with E-state index in [4.69, 9.17) is 4.74 Å². The fourth-order valence-electron chi connectivity index (χ4n) is 1.65. The van der Waals surface area contributed by atoms with Gasteiger partial charge in [0.1, 0.15) is 0 Å². The van der Waals surface area contributed by atoms with Crippen molar-refractivity contribution in [2.45, 2.75) is 12.2 Å². The van der Waals surface area contributed by atoms with E-state index in [1.54, 1.807) is 24.3 Å². The van der Waals surface area contributed by atoms with Gasteiger partial charge in [0.05, 0.1) is 12.7 Å². The summed E-state index contributed by atoms with van der Waals surface area (Å²) in [5.41, 5.74) is 0.876. The number of ether oxygens (including phenoxy) is 2. The molecule has 0 aliphatic carbocycles. The van der Waals surface area contributed by atoms with Crippen molar-refractivity contribution >= 4 is 11.9 Å². The summed E-state index contributed by atoms with van der Waals surface area (Å²) in [5.74, 6) is -1.36. The number of benzene rings is 1. The van der Waals surface area contributed by atoms with Crippen LogP contribution in [0.3, 0.4) is 0 Å². The summed E-state index contributed by atoms with van der Waals surface area (Å²) in [7, 11) is 1.16. The zero-order chi connectivity index (χ0) is 11.7. The Morgan fingerprint density at radius 2 is 2.19 bits per heavy atom. The first-order chi connectivity index (χ1) is 7.65. The van der Waals surface area contributed by atoms with Crippen molar-refractivity contribution in [3.05, 3.63) is 35.4 Å². The van der Waals surface area contributed by atoms with Crippen molar-refractivity contribution in [3.8, 4) is 0 Å². The summed E-state index contributed by atoms with van der Waals surface area (Å²) < 4.78 is 9.32. The highest BCUT2D eigenvalue weighted by atomic mass is 16.6. The molecule has 0 unspecified atom stereocenters. The van der Waals surface area contributed by atoms with Gasteiger partial charge in [-0.1, -0.05) is 18.2 Å². The normalized spacial score (nSPS) is 19.9. The number of rotatable bonds is 2. The summed E-state index contributed by atoms with van der Waals surface area (Å²) in [4.78, 5) is 22.6. The molecule has 0 amide bonds. The van der Waals surface area contributed by atoms with Gasteiger partial charge < -0.3 is 14.6 Å². The highest BCUT2D eigenvalue weighted by molar-refractivity contribution is 5.95. The van der Waals surface area contributed by atoms with Crippen LogP contribution in [0.5, 0.6) is 0 Å². The van der Waals surface area contributed by atoms with E-state index in [1.807, 2.05) is 0 Å². The predicted molar refractivity (Wildman–Crippen MR) is 52.6 cm³/mol. The van der Waals surface area contributed by atoms with E-state index in [0.29, 0.717) is 11.1 Å². The summed E-state index contributed by atoms with van der Waals surface area (Å²) in [5, 5.41) is 9.63. The van der Waals surface area contributed by atoms with E-state index >= 15 is 0 Å². The molecule has 0 aromatic heterocycles. The van der Waals surface area contributed by atoms with Gasteiger partial charge in [0.25, 0.3) is 0 Å². The van der Waals surface area contributed by atoms with E-state index in [1.165, 1.54) is 0 Å². The summed E-state index contributed by atoms with van der Waals surface area (Å²) in [6, 6.07) is 6.61. The van der Waals surface area contributed by atoms with Crippen LogP contribution < -0.4 is 0 Å². The fourth-order valence-corrected chi connectivity index (χ4v) is 1.65. The van der Waals surface area contributed by atoms with Gasteiger partial charge in [-0.25, -0.2) is 9.59 Å². The number of methoxy groups -OCH3 is 1. The van der Waals surface area contributed by atoms with Crippen LogP contribution in [0, 0.1) is 0 Å². The molecule has 1 aromatic rings. The Balaban J connectivity index is 2.34. The first-order valence-electron chi connectivity index (χ1n) is 4.71. The van der Waals surface area contributed by atoms with Crippen LogP contribution in [0.4, 0.5) is 0 Å². The number of aliphatic hydroxyl groups is 1. The monoisotopic (exact) mass is 222 g/mol. The van der Waals surface area contributed by atoms with Crippen LogP contribution in [0.1, 0.15) is 22.0 Å². The molecule has 16 heavy (non-hydrogen) atoms. The van der Waals surface area contributed by atoms with E-state index < -0.39 is 24.1 Å². The van der Waals surface area contributed by atoms with Crippen LogP contribution in [-0.4, -0.2) is 30.3 Å². The number of aliphatic hydroxyl groups excluding tert-OH is 1. The third kappa shape index (κ3) is 1.55. The molecule has 1 heterocycles. The van der Waals surface area contributed by atoms with Gasteiger partial charge >= 0.3 is 11.9 Å². The largest absolute Gasteiger partial charge is 0.467 e. The molecule has 1 aromatic carbocycles. The van der Waals surface area contributed by atoms with E-state index in [0.717, 1.165) is 7.11 Å². The molecule has 2 atom stereocenters. The maximum absolute atomic E-state index is 11.4. The minimum atomic E-state index is -1.49. The lowest BCUT2D eigenvalue weighted by atomic mass is 10.0. The van der Waals surface area contributed by atoms with E-state index in [-0.39, 0.29) is 0 Å². The van der Waals surface area contributed by atoms with Crippen LogP contribution in [0.15, 0.2) is 24.3 Å². The number of hydrogen-bond acceptors (Lipinski definition) is 5. The first-order valence-corrected chi connectivity index (χ1v) is 4.71. The molecule has 0 saturated heterocycles. The fraction of sp³-hybridized carbons (Fsp3) is 0.273. The quantitative estimate of drug-likeness (QED) is 0.735. The summed E-state index contributed by atoms with van der Waals surface area (Å²) >= 11 is 0. The highest BCUT2D eigenvalue weighted by Crippen LogP contribution is 2.33. The Labute approximate surface area is 91.6 Å². The molecule has 1 N–H and O–H groups in total. The summed E-state index contributed by atoms with van der Waals surface area (Å²) in [6.45, 7) is 0. The van der Waals surface area contributed by atoms with Crippen LogP contribution in [0.25, 0.3) is 0 Å². The number of cyclic esters (lactones) is 1. The third-order valence-electron chi connectivity index (χ3n) is 2.45. The van der Waals surface area contributed by atoms with Crippen LogP contribution >= 0.6 is 0 Å².